The van der Waals surface area contributed by atoms with E-state index in [1.54, 1.807) is 19.5 Å². The van der Waals surface area contributed by atoms with E-state index in [4.69, 9.17) is 9.72 Å². The van der Waals surface area contributed by atoms with Crippen LogP contribution in [0.25, 0.3) is 11.5 Å². The van der Waals surface area contributed by atoms with E-state index < -0.39 is 0 Å². The lowest BCUT2D eigenvalue weighted by atomic mass is 10.1. The Morgan fingerprint density at radius 1 is 1.24 bits per heavy atom. The van der Waals surface area contributed by atoms with Crippen LogP contribution in [0.2, 0.25) is 0 Å². The molecule has 1 saturated carbocycles. The van der Waals surface area contributed by atoms with Gasteiger partial charge in [-0.3, -0.25) is 4.98 Å². The van der Waals surface area contributed by atoms with Crippen LogP contribution in [0.1, 0.15) is 19.3 Å². The van der Waals surface area contributed by atoms with Crippen molar-refractivity contribution < 1.29 is 4.74 Å². The van der Waals surface area contributed by atoms with Crippen LogP contribution in [0.5, 0.6) is 5.75 Å². The lowest BCUT2D eigenvalue weighted by molar-refractivity contribution is 0.408. The molecule has 1 saturated heterocycles. The average molecular weight is 282 g/mol. The number of hydrogen-bond acceptors (Lipinski definition) is 5. The van der Waals surface area contributed by atoms with E-state index in [0.717, 1.165) is 29.7 Å². The van der Waals surface area contributed by atoms with Crippen LogP contribution >= 0.6 is 0 Å². The van der Waals surface area contributed by atoms with Gasteiger partial charge in [0, 0.05) is 18.8 Å². The fourth-order valence-electron chi connectivity index (χ4n) is 3.51. The lowest BCUT2D eigenvalue weighted by Gasteiger charge is -2.29. The Bertz CT molecular complexity index is 646. The highest BCUT2D eigenvalue weighted by molar-refractivity contribution is 5.59. The molecule has 0 radical (unpaired) electrons. The van der Waals surface area contributed by atoms with Gasteiger partial charge in [0.05, 0.1) is 13.3 Å². The highest BCUT2D eigenvalue weighted by Crippen LogP contribution is 2.42. The second-order valence-electron chi connectivity index (χ2n) is 5.79. The minimum Gasteiger partial charge on any atom is -0.491 e. The maximum absolute atomic E-state index is 5.47. The number of anilines is 1. The number of ether oxygens (including phenoxy) is 1. The third-order valence-electron chi connectivity index (χ3n) is 4.53. The molecule has 4 rings (SSSR count). The number of nitrogens with zero attached hydrogens (tertiary/aromatic N) is 4. The van der Waals surface area contributed by atoms with E-state index >= 15 is 0 Å². The number of rotatable bonds is 3. The van der Waals surface area contributed by atoms with Crippen LogP contribution in [0.4, 0.5) is 5.82 Å². The Balaban J connectivity index is 1.74. The second-order valence-corrected chi connectivity index (χ2v) is 5.79. The molecule has 1 aliphatic carbocycles. The van der Waals surface area contributed by atoms with Crippen molar-refractivity contribution >= 4 is 5.82 Å². The predicted octanol–water partition coefficient (Wildman–Crippen LogP) is 2.54. The monoisotopic (exact) mass is 282 g/mol. The lowest BCUT2D eigenvalue weighted by Crippen LogP contribution is -2.33. The highest BCUT2D eigenvalue weighted by atomic mass is 16.5. The molecule has 0 amide bonds. The third-order valence-corrected chi connectivity index (χ3v) is 4.53. The summed E-state index contributed by atoms with van der Waals surface area (Å²) in [6, 6.07) is 6.39. The van der Waals surface area contributed by atoms with Gasteiger partial charge in [0.1, 0.15) is 5.69 Å². The first-order chi connectivity index (χ1) is 10.3. The van der Waals surface area contributed by atoms with E-state index in [2.05, 4.69) is 14.9 Å². The molecule has 2 aromatic rings. The molecule has 5 heteroatoms. The van der Waals surface area contributed by atoms with Gasteiger partial charge in [-0.15, -0.1) is 0 Å². The topological polar surface area (TPSA) is 51.1 Å². The van der Waals surface area contributed by atoms with Gasteiger partial charge < -0.3 is 9.64 Å². The van der Waals surface area contributed by atoms with E-state index in [1.165, 1.54) is 19.3 Å². The molecule has 0 N–H and O–H groups in total. The molecule has 1 aliphatic heterocycles. The summed E-state index contributed by atoms with van der Waals surface area (Å²) < 4.78 is 5.47. The van der Waals surface area contributed by atoms with E-state index in [0.29, 0.717) is 11.9 Å². The normalized spacial score (nSPS) is 23.6. The van der Waals surface area contributed by atoms with Crippen molar-refractivity contribution in [2.24, 2.45) is 5.92 Å². The Hall–Kier alpha value is -2.17. The largest absolute Gasteiger partial charge is 0.491 e. The molecule has 108 valence electrons. The molecule has 2 fully saturated rings. The molecule has 0 aromatic carbocycles. The molecule has 2 atom stereocenters. The summed E-state index contributed by atoms with van der Waals surface area (Å²) in [4.78, 5) is 15.9. The predicted molar refractivity (Wildman–Crippen MR) is 80.3 cm³/mol. The van der Waals surface area contributed by atoms with Crippen molar-refractivity contribution in [1.29, 1.82) is 0 Å². The third kappa shape index (κ3) is 2.13. The zero-order chi connectivity index (χ0) is 14.2. The van der Waals surface area contributed by atoms with Crippen molar-refractivity contribution in [2.45, 2.75) is 25.3 Å². The molecule has 3 heterocycles. The number of aromatic nitrogens is 3. The van der Waals surface area contributed by atoms with Gasteiger partial charge in [0.15, 0.2) is 17.4 Å². The van der Waals surface area contributed by atoms with Gasteiger partial charge >= 0.3 is 0 Å². The SMILES string of the molecule is COc1cnc(-c2ccccn2)nc1N1C[C@H]2CC[C@@H]1C2. The van der Waals surface area contributed by atoms with Gasteiger partial charge in [0.2, 0.25) is 0 Å². The smallest absolute Gasteiger partial charge is 0.180 e. The first-order valence-corrected chi connectivity index (χ1v) is 7.44. The van der Waals surface area contributed by atoms with Crippen molar-refractivity contribution in [1.82, 2.24) is 15.0 Å². The van der Waals surface area contributed by atoms with Crippen molar-refractivity contribution in [3.63, 3.8) is 0 Å². The summed E-state index contributed by atoms with van der Waals surface area (Å²) >= 11 is 0. The first-order valence-electron chi connectivity index (χ1n) is 7.44. The summed E-state index contributed by atoms with van der Waals surface area (Å²) in [6.07, 6.45) is 7.42. The quantitative estimate of drug-likeness (QED) is 0.866. The Morgan fingerprint density at radius 2 is 2.19 bits per heavy atom. The van der Waals surface area contributed by atoms with E-state index in [1.807, 2.05) is 18.2 Å². The summed E-state index contributed by atoms with van der Waals surface area (Å²) in [5.74, 6) is 3.14. The number of fused-ring (bicyclic) bond motifs is 2. The number of pyridine rings is 1. The Kier molecular flexibility index (Phi) is 2.98. The minimum absolute atomic E-state index is 0.607. The molecular formula is C16H18N4O. The zero-order valence-corrected chi connectivity index (χ0v) is 12.1. The zero-order valence-electron chi connectivity index (χ0n) is 12.1. The van der Waals surface area contributed by atoms with Crippen LogP contribution in [0, 0.1) is 5.92 Å². The number of methoxy groups -OCH3 is 1. The fourth-order valence-corrected chi connectivity index (χ4v) is 3.51. The van der Waals surface area contributed by atoms with Crippen LogP contribution in [-0.2, 0) is 0 Å². The summed E-state index contributed by atoms with van der Waals surface area (Å²) in [7, 11) is 1.68. The van der Waals surface area contributed by atoms with Crippen LogP contribution in [0.15, 0.2) is 30.6 Å². The number of piperidine rings is 1. The maximum atomic E-state index is 5.47. The molecular weight excluding hydrogens is 264 g/mol. The Morgan fingerprint density at radius 3 is 2.86 bits per heavy atom. The molecule has 0 spiro atoms. The Labute approximate surface area is 124 Å². The van der Waals surface area contributed by atoms with E-state index in [-0.39, 0.29) is 0 Å². The van der Waals surface area contributed by atoms with Crippen LogP contribution in [-0.4, -0.2) is 34.6 Å². The van der Waals surface area contributed by atoms with E-state index in [9.17, 15) is 0 Å². The summed E-state index contributed by atoms with van der Waals surface area (Å²) in [5.41, 5.74) is 0.797. The summed E-state index contributed by atoms with van der Waals surface area (Å²) in [5, 5.41) is 0. The van der Waals surface area contributed by atoms with Crippen LogP contribution < -0.4 is 9.64 Å². The maximum Gasteiger partial charge on any atom is 0.180 e. The van der Waals surface area contributed by atoms with Crippen molar-refractivity contribution in [3.05, 3.63) is 30.6 Å². The first kappa shape index (κ1) is 12.6. The minimum atomic E-state index is 0.607. The molecule has 0 unspecified atom stereocenters. The van der Waals surface area contributed by atoms with Crippen LogP contribution in [0.3, 0.4) is 0 Å². The van der Waals surface area contributed by atoms with Gasteiger partial charge in [-0.2, -0.15) is 0 Å². The highest BCUT2D eigenvalue weighted by Gasteiger charge is 2.39. The van der Waals surface area contributed by atoms with Crippen molar-refractivity contribution in [2.75, 3.05) is 18.6 Å². The van der Waals surface area contributed by atoms with Crippen molar-refractivity contribution in [3.8, 4) is 17.3 Å². The van der Waals surface area contributed by atoms with Gasteiger partial charge in [-0.1, -0.05) is 6.07 Å². The molecule has 2 aromatic heterocycles. The molecule has 2 aliphatic rings. The fraction of sp³-hybridized carbons (Fsp3) is 0.438. The molecule has 2 bridgehead atoms. The summed E-state index contributed by atoms with van der Waals surface area (Å²) in [6.45, 7) is 1.08. The van der Waals surface area contributed by atoms with Gasteiger partial charge in [0.25, 0.3) is 0 Å². The standard InChI is InChI=1S/C16H18N4O/c1-21-14-9-18-15(13-4-2-3-7-17-13)19-16(14)20-10-11-5-6-12(20)8-11/h2-4,7,9,11-12H,5-6,8,10H2,1H3/t11-,12+/m0/s1. The second kappa shape index (κ2) is 4.98. The van der Waals surface area contributed by atoms with Gasteiger partial charge in [-0.05, 0) is 37.3 Å². The molecule has 5 nitrogen and oxygen atoms in total. The van der Waals surface area contributed by atoms with Gasteiger partial charge in [-0.25, -0.2) is 9.97 Å². The number of hydrogen-bond donors (Lipinski definition) is 0. The molecule has 21 heavy (non-hydrogen) atoms. The average Bonchev–Trinajstić information content (AvgIpc) is 3.18.